The minimum Gasteiger partial charge on any atom is -0.368 e. The molecule has 0 aromatic carbocycles. The first-order chi connectivity index (χ1) is 8.90. The zero-order chi connectivity index (χ0) is 14.0. The van der Waals surface area contributed by atoms with E-state index in [1.54, 1.807) is 6.92 Å². The Hall–Kier alpha value is -0.650. The molecular weight excluding hydrogens is 240 g/mol. The lowest BCUT2D eigenvalue weighted by molar-refractivity contribution is -0.122. The van der Waals surface area contributed by atoms with E-state index in [1.165, 1.54) is 32.5 Å². The van der Waals surface area contributed by atoms with E-state index in [0.29, 0.717) is 12.5 Å². The molecule has 2 saturated heterocycles. The monoisotopic (exact) mass is 268 g/mol. The van der Waals surface area contributed by atoms with Crippen LogP contribution in [0.25, 0.3) is 0 Å². The van der Waals surface area contributed by atoms with Crippen molar-refractivity contribution >= 4 is 5.91 Å². The fourth-order valence-corrected chi connectivity index (χ4v) is 3.33. The fraction of sp³-hybridized carbons (Fsp3) is 0.929. The lowest BCUT2D eigenvalue weighted by Crippen LogP contribution is -2.55. The van der Waals surface area contributed by atoms with E-state index in [0.717, 1.165) is 19.0 Å². The Bertz CT molecular complexity index is 331. The molecule has 0 spiro atoms. The van der Waals surface area contributed by atoms with Crippen LogP contribution in [-0.4, -0.2) is 59.5 Å². The van der Waals surface area contributed by atoms with Gasteiger partial charge in [0.15, 0.2) is 0 Å². The van der Waals surface area contributed by atoms with Crippen LogP contribution in [0.4, 0.5) is 0 Å². The van der Waals surface area contributed by atoms with E-state index in [1.807, 2.05) is 0 Å². The number of hydrogen-bond donors (Lipinski definition) is 2. The number of hydrogen-bond acceptors (Lipinski definition) is 4. The van der Waals surface area contributed by atoms with Crippen LogP contribution in [-0.2, 0) is 4.79 Å². The van der Waals surface area contributed by atoms with Crippen molar-refractivity contribution in [3.05, 3.63) is 0 Å². The van der Waals surface area contributed by atoms with Crippen LogP contribution in [0.15, 0.2) is 0 Å². The van der Waals surface area contributed by atoms with Gasteiger partial charge in [0.2, 0.25) is 5.91 Å². The number of fused-ring (bicyclic) bond motifs is 1. The molecule has 2 rings (SSSR count). The standard InChI is InChI=1S/C14H28N4O/c1-11-9-18-7-3-5-12(18)10-17(11)8-4-6-14(2,16)13(15)19/h11-12H,3-10,16H2,1-2H3,(H2,15,19). The molecule has 0 radical (unpaired) electrons. The predicted molar refractivity (Wildman–Crippen MR) is 76.7 cm³/mol. The molecule has 1 amide bonds. The lowest BCUT2D eigenvalue weighted by atomic mass is 9.96. The summed E-state index contributed by atoms with van der Waals surface area (Å²) in [5.74, 6) is -0.402. The third-order valence-electron chi connectivity index (χ3n) is 4.77. The molecule has 2 aliphatic heterocycles. The van der Waals surface area contributed by atoms with Crippen LogP contribution in [0.1, 0.15) is 39.5 Å². The molecule has 110 valence electrons. The molecule has 2 fully saturated rings. The highest BCUT2D eigenvalue weighted by Gasteiger charge is 2.34. The maximum Gasteiger partial charge on any atom is 0.237 e. The number of primary amides is 1. The first kappa shape index (κ1) is 14.8. The average molecular weight is 268 g/mol. The molecule has 0 aliphatic carbocycles. The minimum absolute atomic E-state index is 0.402. The van der Waals surface area contributed by atoms with Crippen molar-refractivity contribution in [1.29, 1.82) is 0 Å². The summed E-state index contributed by atoms with van der Waals surface area (Å²) in [4.78, 5) is 16.4. The number of carbonyl (C=O) groups excluding carboxylic acids is 1. The average Bonchev–Trinajstić information content (AvgIpc) is 2.75. The predicted octanol–water partition coefficient (Wildman–Crippen LogP) is 0.138. The second kappa shape index (κ2) is 5.77. The molecule has 0 bridgehead atoms. The normalized spacial score (nSPS) is 31.9. The molecular formula is C14H28N4O. The Morgan fingerprint density at radius 3 is 2.84 bits per heavy atom. The highest BCUT2D eigenvalue weighted by molar-refractivity contribution is 5.83. The van der Waals surface area contributed by atoms with Gasteiger partial charge in [0, 0.05) is 25.2 Å². The van der Waals surface area contributed by atoms with Gasteiger partial charge in [-0.1, -0.05) is 0 Å². The second-order valence-corrected chi connectivity index (χ2v) is 6.52. The van der Waals surface area contributed by atoms with Gasteiger partial charge in [-0.15, -0.1) is 0 Å². The SMILES string of the molecule is CC1CN2CCCC2CN1CCCC(C)(N)C(N)=O. The highest BCUT2D eigenvalue weighted by atomic mass is 16.1. The largest absolute Gasteiger partial charge is 0.368 e. The third kappa shape index (κ3) is 3.46. The van der Waals surface area contributed by atoms with Gasteiger partial charge in [0.05, 0.1) is 5.54 Å². The van der Waals surface area contributed by atoms with E-state index in [4.69, 9.17) is 11.5 Å². The summed E-state index contributed by atoms with van der Waals surface area (Å²) < 4.78 is 0. The summed E-state index contributed by atoms with van der Waals surface area (Å²) in [5.41, 5.74) is 10.3. The van der Waals surface area contributed by atoms with Crippen molar-refractivity contribution in [3.8, 4) is 0 Å². The van der Waals surface area contributed by atoms with Gasteiger partial charge < -0.3 is 11.5 Å². The van der Waals surface area contributed by atoms with Crippen molar-refractivity contribution < 1.29 is 4.79 Å². The second-order valence-electron chi connectivity index (χ2n) is 6.52. The van der Waals surface area contributed by atoms with Gasteiger partial charge in [0.1, 0.15) is 0 Å². The summed E-state index contributed by atoms with van der Waals surface area (Å²) in [5, 5.41) is 0. The van der Waals surface area contributed by atoms with Crippen molar-refractivity contribution in [1.82, 2.24) is 9.80 Å². The molecule has 19 heavy (non-hydrogen) atoms. The first-order valence-corrected chi connectivity index (χ1v) is 7.47. The molecule has 0 aromatic rings. The first-order valence-electron chi connectivity index (χ1n) is 7.47. The van der Waals surface area contributed by atoms with Crippen molar-refractivity contribution in [2.45, 2.75) is 57.2 Å². The molecule has 2 aliphatic rings. The Morgan fingerprint density at radius 2 is 2.16 bits per heavy atom. The number of nitrogens with zero attached hydrogens (tertiary/aromatic N) is 2. The highest BCUT2D eigenvalue weighted by Crippen LogP contribution is 2.24. The third-order valence-corrected chi connectivity index (χ3v) is 4.77. The summed E-state index contributed by atoms with van der Waals surface area (Å²) >= 11 is 0. The topological polar surface area (TPSA) is 75.6 Å². The molecule has 5 heteroatoms. The lowest BCUT2D eigenvalue weighted by Gasteiger charge is -2.42. The van der Waals surface area contributed by atoms with Gasteiger partial charge in [-0.2, -0.15) is 0 Å². The maximum atomic E-state index is 11.2. The number of rotatable bonds is 5. The molecule has 5 nitrogen and oxygen atoms in total. The number of carbonyl (C=O) groups is 1. The van der Waals surface area contributed by atoms with Gasteiger partial charge in [-0.3, -0.25) is 14.6 Å². The van der Waals surface area contributed by atoms with E-state index in [-0.39, 0.29) is 0 Å². The van der Waals surface area contributed by atoms with Crippen molar-refractivity contribution in [2.75, 3.05) is 26.2 Å². The van der Waals surface area contributed by atoms with Gasteiger partial charge in [0.25, 0.3) is 0 Å². The smallest absolute Gasteiger partial charge is 0.237 e. The van der Waals surface area contributed by atoms with Gasteiger partial charge >= 0.3 is 0 Å². The van der Waals surface area contributed by atoms with Crippen molar-refractivity contribution in [2.24, 2.45) is 11.5 Å². The molecule has 0 aromatic heterocycles. The zero-order valence-electron chi connectivity index (χ0n) is 12.3. The van der Waals surface area contributed by atoms with Crippen LogP contribution in [0, 0.1) is 0 Å². The number of nitrogens with two attached hydrogens (primary N) is 2. The summed E-state index contributed by atoms with van der Waals surface area (Å²) in [7, 11) is 0. The van der Waals surface area contributed by atoms with Crippen LogP contribution >= 0.6 is 0 Å². The van der Waals surface area contributed by atoms with Crippen LogP contribution < -0.4 is 11.5 Å². The molecule has 2 heterocycles. The Labute approximate surface area is 116 Å². The van der Waals surface area contributed by atoms with Crippen LogP contribution in [0.3, 0.4) is 0 Å². The fourth-order valence-electron chi connectivity index (χ4n) is 3.33. The quantitative estimate of drug-likeness (QED) is 0.743. The number of piperazine rings is 1. The Morgan fingerprint density at radius 1 is 1.42 bits per heavy atom. The minimum atomic E-state index is -0.863. The van der Waals surface area contributed by atoms with Crippen LogP contribution in [0.5, 0.6) is 0 Å². The molecule has 4 N–H and O–H groups in total. The maximum absolute atomic E-state index is 11.2. The molecule has 0 saturated carbocycles. The summed E-state index contributed by atoms with van der Waals surface area (Å²) in [6, 6.07) is 1.35. The molecule has 3 atom stereocenters. The number of amides is 1. The Balaban J connectivity index is 1.78. The van der Waals surface area contributed by atoms with E-state index >= 15 is 0 Å². The van der Waals surface area contributed by atoms with Gasteiger partial charge in [-0.05, 0) is 52.6 Å². The summed E-state index contributed by atoms with van der Waals surface area (Å²) in [6.07, 6.45) is 4.28. The summed E-state index contributed by atoms with van der Waals surface area (Å²) in [6.45, 7) is 8.66. The molecule has 3 unspecified atom stereocenters. The van der Waals surface area contributed by atoms with Crippen molar-refractivity contribution in [3.63, 3.8) is 0 Å². The zero-order valence-corrected chi connectivity index (χ0v) is 12.3. The van der Waals surface area contributed by atoms with Gasteiger partial charge in [-0.25, -0.2) is 0 Å². The van der Waals surface area contributed by atoms with E-state index in [9.17, 15) is 4.79 Å². The van der Waals surface area contributed by atoms with E-state index < -0.39 is 11.4 Å². The van der Waals surface area contributed by atoms with E-state index in [2.05, 4.69) is 16.7 Å². The van der Waals surface area contributed by atoms with Crippen LogP contribution in [0.2, 0.25) is 0 Å². The Kier molecular flexibility index (Phi) is 4.48.